The summed E-state index contributed by atoms with van der Waals surface area (Å²) in [7, 11) is 0. The van der Waals surface area contributed by atoms with Crippen LogP contribution >= 0.6 is 0 Å². The van der Waals surface area contributed by atoms with Gasteiger partial charge in [-0.05, 0) is 37.3 Å². The average Bonchev–Trinajstić information content (AvgIpc) is 2.92. The molecule has 0 fully saturated rings. The number of fused-ring (bicyclic) bond motifs is 1. The van der Waals surface area contributed by atoms with E-state index in [1.54, 1.807) is 0 Å². The Balaban J connectivity index is 2.09. The lowest BCUT2D eigenvalue weighted by molar-refractivity contribution is 0.291. The topological polar surface area (TPSA) is 80.7 Å². The van der Waals surface area contributed by atoms with Gasteiger partial charge in [-0.15, -0.1) is 0 Å². The quantitative estimate of drug-likeness (QED) is 0.264. The van der Waals surface area contributed by atoms with Crippen LogP contribution in [0.15, 0.2) is 11.2 Å². The van der Waals surface area contributed by atoms with Crippen molar-refractivity contribution in [1.29, 1.82) is 0 Å². The minimum atomic E-state index is 0.0655. The first-order valence-corrected chi connectivity index (χ1v) is 7.39. The Hall–Kier alpha value is -1.78. The lowest BCUT2D eigenvalue weighted by atomic mass is 10.1. The van der Waals surface area contributed by atoms with Crippen molar-refractivity contribution in [3.05, 3.63) is 22.9 Å². The Morgan fingerprint density at radius 1 is 1.40 bits per heavy atom. The highest BCUT2D eigenvalue weighted by molar-refractivity contribution is 5.99. The number of pyridine rings is 1. The molecule has 5 heteroatoms. The lowest BCUT2D eigenvalue weighted by Crippen LogP contribution is -2.17. The Kier molecular flexibility index (Phi) is 5.21. The molecular weight excluding hydrogens is 254 g/mol. The molecule has 0 radical (unpaired) electrons. The molecule has 0 saturated carbocycles. The van der Waals surface area contributed by atoms with Crippen molar-refractivity contribution in [1.82, 2.24) is 4.98 Å². The maximum atomic E-state index is 8.88. The number of oxime groups is 1. The first-order chi connectivity index (χ1) is 9.76. The molecule has 20 heavy (non-hydrogen) atoms. The van der Waals surface area contributed by atoms with E-state index in [-0.39, 0.29) is 5.84 Å². The van der Waals surface area contributed by atoms with Gasteiger partial charge in [-0.25, -0.2) is 4.98 Å². The summed E-state index contributed by atoms with van der Waals surface area (Å²) in [6.07, 6.45) is 7.67. The zero-order valence-electron chi connectivity index (χ0n) is 12.1. The Morgan fingerprint density at radius 2 is 2.25 bits per heavy atom. The van der Waals surface area contributed by atoms with Crippen LogP contribution in [-0.2, 0) is 12.8 Å². The number of aryl methyl sites for hydroxylation is 2. The van der Waals surface area contributed by atoms with Crippen molar-refractivity contribution < 1.29 is 9.94 Å². The highest BCUT2D eigenvalue weighted by Crippen LogP contribution is 2.26. The number of rotatable bonds is 7. The fourth-order valence-electron chi connectivity index (χ4n) is 2.50. The van der Waals surface area contributed by atoms with E-state index < -0.39 is 0 Å². The molecule has 110 valence electrons. The van der Waals surface area contributed by atoms with E-state index in [9.17, 15) is 0 Å². The van der Waals surface area contributed by atoms with Gasteiger partial charge in [-0.2, -0.15) is 0 Å². The molecule has 0 bridgehead atoms. The van der Waals surface area contributed by atoms with Gasteiger partial charge in [0.1, 0.15) is 0 Å². The van der Waals surface area contributed by atoms with Gasteiger partial charge in [-0.3, -0.25) is 0 Å². The zero-order valence-corrected chi connectivity index (χ0v) is 12.1. The largest absolute Gasteiger partial charge is 0.477 e. The fourth-order valence-corrected chi connectivity index (χ4v) is 2.50. The molecule has 0 aliphatic heterocycles. The Bertz CT molecular complexity index is 486. The molecule has 5 nitrogen and oxygen atoms in total. The first kappa shape index (κ1) is 14.6. The molecule has 1 aliphatic rings. The highest BCUT2D eigenvalue weighted by atomic mass is 16.5. The summed E-state index contributed by atoms with van der Waals surface area (Å²) in [5.74, 6) is 0.563. The van der Waals surface area contributed by atoms with Crippen LogP contribution in [0, 0.1) is 0 Å². The molecule has 0 spiro atoms. The normalized spacial score (nSPS) is 14.3. The van der Waals surface area contributed by atoms with Gasteiger partial charge in [0, 0.05) is 5.69 Å². The Labute approximate surface area is 119 Å². The lowest BCUT2D eigenvalue weighted by Gasteiger charge is -2.12. The average molecular weight is 277 g/mol. The van der Waals surface area contributed by atoms with Crippen molar-refractivity contribution >= 4 is 5.84 Å². The molecular formula is C15H23N3O2. The van der Waals surface area contributed by atoms with Crippen molar-refractivity contribution in [3.8, 4) is 5.88 Å². The smallest absolute Gasteiger partial charge is 0.224 e. The van der Waals surface area contributed by atoms with Crippen LogP contribution in [0.25, 0.3) is 0 Å². The second-order valence-electron chi connectivity index (χ2n) is 5.19. The molecule has 0 saturated heterocycles. The molecule has 0 atom stereocenters. The summed E-state index contributed by atoms with van der Waals surface area (Å²) in [5.41, 5.74) is 8.59. The van der Waals surface area contributed by atoms with Crippen LogP contribution in [0.1, 0.15) is 55.8 Å². The summed E-state index contributed by atoms with van der Waals surface area (Å²) in [6.45, 7) is 2.80. The number of unbranched alkanes of at least 4 members (excludes halogenated alkanes) is 3. The van der Waals surface area contributed by atoms with E-state index in [0.29, 0.717) is 18.1 Å². The second kappa shape index (κ2) is 7.12. The van der Waals surface area contributed by atoms with Crippen LogP contribution in [0.3, 0.4) is 0 Å². The third-order valence-corrected chi connectivity index (χ3v) is 3.64. The van der Waals surface area contributed by atoms with Gasteiger partial charge >= 0.3 is 0 Å². The highest BCUT2D eigenvalue weighted by Gasteiger charge is 2.19. The molecule has 3 N–H and O–H groups in total. The van der Waals surface area contributed by atoms with E-state index in [0.717, 1.165) is 37.8 Å². The van der Waals surface area contributed by atoms with Gasteiger partial charge in [0.2, 0.25) is 5.88 Å². The van der Waals surface area contributed by atoms with Gasteiger partial charge in [0.15, 0.2) is 5.84 Å². The third kappa shape index (κ3) is 3.40. The molecule has 2 rings (SSSR count). The van der Waals surface area contributed by atoms with Crippen molar-refractivity contribution in [3.63, 3.8) is 0 Å². The summed E-state index contributed by atoms with van der Waals surface area (Å²) < 4.78 is 5.75. The number of ether oxygens (including phenoxy) is 1. The van der Waals surface area contributed by atoms with E-state index >= 15 is 0 Å². The zero-order chi connectivity index (χ0) is 14.4. The number of hydrogen-bond acceptors (Lipinski definition) is 4. The molecule has 0 amide bonds. The van der Waals surface area contributed by atoms with Crippen molar-refractivity contribution in [2.24, 2.45) is 10.9 Å². The minimum absolute atomic E-state index is 0.0655. The van der Waals surface area contributed by atoms with Crippen LogP contribution in [0.4, 0.5) is 0 Å². The molecule has 0 aromatic carbocycles. The maximum absolute atomic E-state index is 8.88. The molecule has 1 aromatic rings. The first-order valence-electron chi connectivity index (χ1n) is 7.39. The molecule has 1 aromatic heterocycles. The standard InChI is InChI=1S/C15H23N3O2/c1-2-3-4-5-9-20-15-12(14(16)18-19)10-11-7-6-8-13(11)17-15/h10,19H,2-9H2,1H3,(H2,16,18). The summed E-state index contributed by atoms with van der Waals surface area (Å²) in [4.78, 5) is 4.55. The molecule has 1 aliphatic carbocycles. The second-order valence-corrected chi connectivity index (χ2v) is 5.19. The SMILES string of the molecule is CCCCCCOc1nc2c(cc1C(N)=NO)CCC2. The maximum Gasteiger partial charge on any atom is 0.224 e. The predicted octanol–water partition coefficient (Wildman–Crippen LogP) is 2.62. The number of nitrogens with two attached hydrogens (primary N) is 1. The van der Waals surface area contributed by atoms with E-state index in [2.05, 4.69) is 17.1 Å². The van der Waals surface area contributed by atoms with Crippen LogP contribution in [0.2, 0.25) is 0 Å². The number of aromatic nitrogens is 1. The van der Waals surface area contributed by atoms with E-state index in [1.807, 2.05) is 6.07 Å². The summed E-state index contributed by atoms with van der Waals surface area (Å²) >= 11 is 0. The summed E-state index contributed by atoms with van der Waals surface area (Å²) in [5, 5.41) is 12.0. The van der Waals surface area contributed by atoms with Gasteiger partial charge in [-0.1, -0.05) is 31.3 Å². The number of nitrogens with zero attached hydrogens (tertiary/aromatic N) is 2. The van der Waals surface area contributed by atoms with Crippen LogP contribution in [0.5, 0.6) is 5.88 Å². The van der Waals surface area contributed by atoms with Gasteiger partial charge in [0.25, 0.3) is 0 Å². The van der Waals surface area contributed by atoms with Gasteiger partial charge < -0.3 is 15.7 Å². The van der Waals surface area contributed by atoms with Crippen molar-refractivity contribution in [2.75, 3.05) is 6.61 Å². The number of hydrogen-bond donors (Lipinski definition) is 2. The fraction of sp³-hybridized carbons (Fsp3) is 0.600. The van der Waals surface area contributed by atoms with Crippen molar-refractivity contribution in [2.45, 2.75) is 51.9 Å². The van der Waals surface area contributed by atoms with E-state index in [1.165, 1.54) is 18.4 Å². The van der Waals surface area contributed by atoms with Gasteiger partial charge in [0.05, 0.1) is 12.2 Å². The predicted molar refractivity (Wildman–Crippen MR) is 78.4 cm³/mol. The number of amidine groups is 1. The molecule has 1 heterocycles. The minimum Gasteiger partial charge on any atom is -0.477 e. The van der Waals surface area contributed by atoms with E-state index in [4.69, 9.17) is 15.7 Å². The van der Waals surface area contributed by atoms with Crippen LogP contribution in [-0.4, -0.2) is 22.6 Å². The van der Waals surface area contributed by atoms with Crippen LogP contribution < -0.4 is 10.5 Å². The summed E-state index contributed by atoms with van der Waals surface area (Å²) in [6, 6.07) is 1.95. The Morgan fingerprint density at radius 3 is 3.00 bits per heavy atom. The monoisotopic (exact) mass is 277 g/mol. The third-order valence-electron chi connectivity index (χ3n) is 3.64. The molecule has 0 unspecified atom stereocenters.